The van der Waals surface area contributed by atoms with Gasteiger partial charge < -0.3 is 10.2 Å². The van der Waals surface area contributed by atoms with Crippen LogP contribution in [0, 0.1) is 13.8 Å². The van der Waals surface area contributed by atoms with Gasteiger partial charge in [0.15, 0.2) is 0 Å². The molecule has 0 saturated heterocycles. The summed E-state index contributed by atoms with van der Waals surface area (Å²) in [5.74, 6) is 0.700. The number of nitrogens with zero attached hydrogens (tertiary/aromatic N) is 3. The van der Waals surface area contributed by atoms with Crippen molar-refractivity contribution in [2.75, 3.05) is 26.0 Å². The maximum Gasteiger partial charge on any atom is 0.276 e. The number of aryl methyl sites for hydroxylation is 2. The minimum absolute atomic E-state index is 0.00865. The van der Waals surface area contributed by atoms with Gasteiger partial charge in [0.25, 0.3) is 5.56 Å². The van der Waals surface area contributed by atoms with Gasteiger partial charge in [0.2, 0.25) is 0 Å². The summed E-state index contributed by atoms with van der Waals surface area (Å²) >= 11 is 1.49. The normalized spacial score (nSPS) is 13.4. The first-order chi connectivity index (χ1) is 12.0. The molecule has 3 heterocycles. The molecule has 0 radical (unpaired) electrons. The largest absolute Gasteiger partial charge is 0.377 e. The molecule has 0 unspecified atom stereocenters. The van der Waals surface area contributed by atoms with E-state index in [-0.39, 0.29) is 5.56 Å². The molecule has 128 valence electrons. The van der Waals surface area contributed by atoms with Gasteiger partial charge in [-0.15, -0.1) is 11.3 Å². The van der Waals surface area contributed by atoms with Gasteiger partial charge in [0, 0.05) is 26.3 Å². The summed E-state index contributed by atoms with van der Waals surface area (Å²) < 4.78 is 2.39. The van der Waals surface area contributed by atoms with Crippen molar-refractivity contribution in [1.29, 1.82) is 0 Å². The van der Waals surface area contributed by atoms with E-state index in [0.29, 0.717) is 10.5 Å². The van der Waals surface area contributed by atoms with Crippen LogP contribution in [0.5, 0.6) is 0 Å². The molecule has 4 rings (SSSR count). The van der Waals surface area contributed by atoms with Gasteiger partial charge in [-0.25, -0.2) is 4.98 Å². The summed E-state index contributed by atoms with van der Waals surface area (Å²) in [5, 5.41) is 4.40. The van der Waals surface area contributed by atoms with Crippen molar-refractivity contribution in [2.45, 2.75) is 13.8 Å². The molecule has 0 atom stereocenters. The van der Waals surface area contributed by atoms with Crippen LogP contribution in [0.25, 0.3) is 21.6 Å². The molecule has 0 bridgehead atoms. The third-order valence-electron chi connectivity index (χ3n) is 4.47. The Morgan fingerprint density at radius 2 is 1.92 bits per heavy atom. The molecule has 0 fully saturated rings. The molecule has 1 N–H and O–H groups in total. The quantitative estimate of drug-likeness (QED) is 0.768. The third kappa shape index (κ3) is 2.44. The predicted molar refractivity (Wildman–Crippen MR) is 105 cm³/mol. The summed E-state index contributed by atoms with van der Waals surface area (Å²) in [7, 11) is 4.04. The molecule has 0 saturated carbocycles. The third-order valence-corrected chi connectivity index (χ3v) is 5.59. The summed E-state index contributed by atoms with van der Waals surface area (Å²) in [6.07, 6.45) is 2.14. The lowest BCUT2D eigenvalue weighted by Gasteiger charge is -2.22. The van der Waals surface area contributed by atoms with Gasteiger partial charge in [0.1, 0.15) is 21.0 Å². The lowest BCUT2D eigenvalue weighted by molar-refractivity contribution is 0.590. The Morgan fingerprint density at radius 1 is 1.20 bits per heavy atom. The molecular weight excluding hydrogens is 332 g/mol. The van der Waals surface area contributed by atoms with E-state index in [2.05, 4.69) is 16.3 Å². The van der Waals surface area contributed by atoms with Crippen LogP contribution in [-0.4, -0.2) is 35.1 Å². The van der Waals surface area contributed by atoms with E-state index >= 15 is 0 Å². The number of hydrogen-bond donors (Lipinski definition) is 1. The molecule has 5 nitrogen and oxygen atoms in total. The van der Waals surface area contributed by atoms with E-state index in [4.69, 9.17) is 4.98 Å². The number of hydrogen-bond acceptors (Lipinski definition) is 5. The number of fused-ring (bicyclic) bond motifs is 3. The number of anilines is 1. The van der Waals surface area contributed by atoms with Crippen molar-refractivity contribution in [2.24, 2.45) is 0 Å². The molecule has 2 aromatic heterocycles. The van der Waals surface area contributed by atoms with Crippen molar-refractivity contribution in [1.82, 2.24) is 14.5 Å². The van der Waals surface area contributed by atoms with Crippen LogP contribution in [0.1, 0.15) is 17.0 Å². The first-order valence-electron chi connectivity index (χ1n) is 8.22. The number of aromatic nitrogens is 2. The second-order valence-corrected chi connectivity index (χ2v) is 7.50. The highest BCUT2D eigenvalue weighted by Crippen LogP contribution is 2.40. The molecule has 1 aromatic carbocycles. The Bertz CT molecular complexity index is 1060. The molecule has 25 heavy (non-hydrogen) atoms. The molecule has 1 aliphatic rings. The fraction of sp³-hybridized carbons (Fsp3) is 0.263. The fourth-order valence-electron chi connectivity index (χ4n) is 3.24. The van der Waals surface area contributed by atoms with Crippen molar-refractivity contribution < 1.29 is 0 Å². The van der Waals surface area contributed by atoms with Gasteiger partial charge >= 0.3 is 0 Å². The first-order valence-corrected chi connectivity index (χ1v) is 9.04. The van der Waals surface area contributed by atoms with Crippen molar-refractivity contribution in [3.05, 3.63) is 57.6 Å². The maximum atomic E-state index is 13.2. The van der Waals surface area contributed by atoms with Crippen LogP contribution < -0.4 is 10.9 Å². The average Bonchev–Trinajstić information content (AvgIpc) is 2.95. The van der Waals surface area contributed by atoms with E-state index in [1.807, 2.05) is 52.2 Å². The summed E-state index contributed by atoms with van der Waals surface area (Å²) in [4.78, 5) is 20.1. The Balaban J connectivity index is 2.01. The van der Waals surface area contributed by atoms with Crippen molar-refractivity contribution in [3.63, 3.8) is 0 Å². The molecule has 0 spiro atoms. The molecule has 3 aromatic rings. The summed E-state index contributed by atoms with van der Waals surface area (Å²) in [5.41, 5.74) is 4.95. The number of rotatable bonds is 2. The molecule has 6 heteroatoms. The lowest BCUT2D eigenvalue weighted by atomic mass is 10.1. The van der Waals surface area contributed by atoms with Gasteiger partial charge in [-0.1, -0.05) is 17.7 Å². The van der Waals surface area contributed by atoms with Gasteiger partial charge in [-0.3, -0.25) is 9.36 Å². The maximum absolute atomic E-state index is 13.2. The predicted octanol–water partition coefficient (Wildman–Crippen LogP) is 3.39. The van der Waals surface area contributed by atoms with E-state index < -0.39 is 0 Å². The lowest BCUT2D eigenvalue weighted by Crippen LogP contribution is -2.22. The van der Waals surface area contributed by atoms with Crippen LogP contribution >= 0.6 is 11.3 Å². The van der Waals surface area contributed by atoms with E-state index in [1.165, 1.54) is 16.9 Å². The molecule has 0 aliphatic carbocycles. The number of nitrogens with one attached hydrogen (secondary N) is 1. The zero-order valence-electron chi connectivity index (χ0n) is 14.8. The highest BCUT2D eigenvalue weighted by atomic mass is 32.1. The van der Waals surface area contributed by atoms with Crippen LogP contribution in [0.4, 0.5) is 5.00 Å². The van der Waals surface area contributed by atoms with E-state index in [0.717, 1.165) is 34.0 Å². The van der Waals surface area contributed by atoms with E-state index in [9.17, 15) is 4.79 Å². The van der Waals surface area contributed by atoms with Crippen LogP contribution in [0.2, 0.25) is 0 Å². The van der Waals surface area contributed by atoms with E-state index in [1.54, 1.807) is 4.57 Å². The van der Waals surface area contributed by atoms with Crippen molar-refractivity contribution in [3.8, 4) is 5.69 Å². The Hall–Kier alpha value is -2.60. The van der Waals surface area contributed by atoms with Crippen LogP contribution in [-0.2, 0) is 0 Å². The fourth-order valence-corrected chi connectivity index (χ4v) is 4.33. The Labute approximate surface area is 150 Å². The van der Waals surface area contributed by atoms with Gasteiger partial charge in [-0.05, 0) is 32.1 Å². The molecule has 1 aliphatic heterocycles. The SMILES string of the molecule is Cc1ccc(-n2c(C)nc3c4c(sc3c2=O)NCC=C4N(C)C)cc1. The minimum Gasteiger partial charge on any atom is -0.377 e. The highest BCUT2D eigenvalue weighted by Gasteiger charge is 2.24. The van der Waals surface area contributed by atoms with Gasteiger partial charge in [0.05, 0.1) is 11.3 Å². The Morgan fingerprint density at radius 3 is 2.60 bits per heavy atom. The monoisotopic (exact) mass is 352 g/mol. The van der Waals surface area contributed by atoms with Crippen molar-refractivity contribution >= 4 is 32.3 Å². The summed E-state index contributed by atoms with van der Waals surface area (Å²) in [6.45, 7) is 4.69. The first kappa shape index (κ1) is 15.9. The second-order valence-electron chi connectivity index (χ2n) is 6.48. The average molecular weight is 352 g/mol. The zero-order chi connectivity index (χ0) is 17.7. The minimum atomic E-state index is -0.00865. The smallest absolute Gasteiger partial charge is 0.276 e. The standard InChI is InChI=1S/C19H20N4OS/c1-11-5-7-13(8-6-11)23-12(2)21-16-15-14(22(3)4)9-10-20-18(15)25-17(16)19(23)24/h5-9,20H,10H2,1-4H3. The topological polar surface area (TPSA) is 50.2 Å². The second kappa shape index (κ2) is 5.74. The molecular formula is C19H20N4OS. The highest BCUT2D eigenvalue weighted by molar-refractivity contribution is 7.23. The van der Waals surface area contributed by atoms with Crippen LogP contribution in [0.15, 0.2) is 35.1 Å². The zero-order valence-corrected chi connectivity index (χ0v) is 15.6. The number of thiophene rings is 1. The molecule has 0 amide bonds. The number of benzene rings is 1. The Kier molecular flexibility index (Phi) is 3.65. The summed E-state index contributed by atoms with van der Waals surface area (Å²) in [6, 6.07) is 7.96. The van der Waals surface area contributed by atoms with Gasteiger partial charge in [-0.2, -0.15) is 0 Å². The van der Waals surface area contributed by atoms with Crippen LogP contribution in [0.3, 0.4) is 0 Å².